The Balaban J connectivity index is 1.60. The molecule has 1 fully saturated rings. The maximum Gasteiger partial charge on any atom is 0.319 e. The van der Waals surface area contributed by atoms with Crippen molar-refractivity contribution < 1.29 is 19.0 Å². The summed E-state index contributed by atoms with van der Waals surface area (Å²) in [6, 6.07) is 10.3. The molecule has 1 aliphatic heterocycles. The molecule has 1 atom stereocenters. The van der Waals surface area contributed by atoms with Crippen molar-refractivity contribution in [1.29, 1.82) is 0 Å². The highest BCUT2D eigenvalue weighted by Crippen LogP contribution is 2.28. The minimum atomic E-state index is -0.292. The summed E-state index contributed by atoms with van der Waals surface area (Å²) in [5.74, 6) is 2.04. The van der Waals surface area contributed by atoms with Gasteiger partial charge in [-0.3, -0.25) is 0 Å². The Morgan fingerprint density at radius 1 is 1.28 bits per heavy atom. The molecule has 0 saturated carbocycles. The molecule has 3 rings (SSSR count). The highest BCUT2D eigenvalue weighted by atomic mass is 16.5. The average Bonchev–Trinajstić information content (AvgIpc) is 3.16. The van der Waals surface area contributed by atoms with Gasteiger partial charge in [0.05, 0.1) is 13.7 Å². The first-order valence-corrected chi connectivity index (χ1v) is 8.14. The number of hydrogen-bond donors (Lipinski definition) is 2. The molecular weight excluding hydrogens is 322 g/mol. The van der Waals surface area contributed by atoms with Crippen molar-refractivity contribution in [2.24, 2.45) is 5.92 Å². The number of ether oxygens (including phenoxy) is 3. The third kappa shape index (κ3) is 4.84. The summed E-state index contributed by atoms with van der Waals surface area (Å²) in [6.45, 7) is 2.04. The van der Waals surface area contributed by atoms with Crippen LogP contribution < -0.4 is 20.1 Å². The van der Waals surface area contributed by atoms with Crippen LogP contribution in [0.3, 0.4) is 0 Å². The van der Waals surface area contributed by atoms with Gasteiger partial charge in [0, 0.05) is 25.3 Å². The molecule has 7 heteroatoms. The van der Waals surface area contributed by atoms with Crippen LogP contribution in [0, 0.1) is 5.92 Å². The zero-order valence-electron chi connectivity index (χ0n) is 14.0. The molecule has 7 nitrogen and oxygen atoms in total. The normalized spacial score (nSPS) is 16.3. The Labute approximate surface area is 146 Å². The van der Waals surface area contributed by atoms with Gasteiger partial charge in [0.25, 0.3) is 0 Å². The highest BCUT2D eigenvalue weighted by molar-refractivity contribution is 5.90. The fourth-order valence-electron chi connectivity index (χ4n) is 2.47. The Hall–Kier alpha value is -2.80. The summed E-state index contributed by atoms with van der Waals surface area (Å²) in [7, 11) is 1.60. The number of pyridine rings is 1. The molecule has 1 aromatic heterocycles. The number of rotatable bonds is 6. The fourth-order valence-corrected chi connectivity index (χ4v) is 2.47. The van der Waals surface area contributed by atoms with Crippen LogP contribution in [0.25, 0.3) is 0 Å². The first kappa shape index (κ1) is 17.0. The molecule has 1 unspecified atom stereocenters. The second kappa shape index (κ2) is 8.34. The number of carbonyl (C=O) groups excluding carboxylic acids is 1. The van der Waals surface area contributed by atoms with Crippen molar-refractivity contribution in [3.63, 3.8) is 0 Å². The van der Waals surface area contributed by atoms with Gasteiger partial charge in [-0.05, 0) is 42.8 Å². The van der Waals surface area contributed by atoms with E-state index in [2.05, 4.69) is 15.6 Å². The number of anilines is 1. The largest absolute Gasteiger partial charge is 0.497 e. The number of urea groups is 1. The summed E-state index contributed by atoms with van der Waals surface area (Å²) >= 11 is 0. The van der Waals surface area contributed by atoms with Crippen molar-refractivity contribution in [2.75, 3.05) is 32.2 Å². The predicted molar refractivity (Wildman–Crippen MR) is 93.3 cm³/mol. The molecule has 1 saturated heterocycles. The summed E-state index contributed by atoms with van der Waals surface area (Å²) < 4.78 is 16.2. The first-order valence-electron chi connectivity index (χ1n) is 8.14. The van der Waals surface area contributed by atoms with Gasteiger partial charge in [0.2, 0.25) is 5.88 Å². The third-order valence-corrected chi connectivity index (χ3v) is 3.87. The lowest BCUT2D eigenvalue weighted by Crippen LogP contribution is -2.33. The van der Waals surface area contributed by atoms with Crippen LogP contribution >= 0.6 is 0 Å². The van der Waals surface area contributed by atoms with Crippen LogP contribution in [0.5, 0.6) is 17.4 Å². The monoisotopic (exact) mass is 343 g/mol. The minimum Gasteiger partial charge on any atom is -0.497 e. The maximum atomic E-state index is 12.1. The van der Waals surface area contributed by atoms with Gasteiger partial charge in [-0.25, -0.2) is 9.78 Å². The molecule has 25 heavy (non-hydrogen) atoms. The summed E-state index contributed by atoms with van der Waals surface area (Å²) in [4.78, 5) is 16.3. The lowest BCUT2D eigenvalue weighted by atomic mass is 10.1. The molecule has 2 heterocycles. The smallest absolute Gasteiger partial charge is 0.319 e. The number of carbonyl (C=O) groups is 1. The molecule has 0 bridgehead atoms. The second-order valence-corrected chi connectivity index (χ2v) is 5.70. The zero-order chi connectivity index (χ0) is 17.5. The number of hydrogen-bond acceptors (Lipinski definition) is 5. The Morgan fingerprint density at radius 2 is 2.08 bits per heavy atom. The third-order valence-electron chi connectivity index (χ3n) is 3.87. The molecule has 0 spiro atoms. The summed E-state index contributed by atoms with van der Waals surface area (Å²) in [5.41, 5.74) is 0.499. The van der Waals surface area contributed by atoms with Crippen molar-refractivity contribution in [3.05, 3.63) is 42.6 Å². The summed E-state index contributed by atoms with van der Waals surface area (Å²) in [6.07, 6.45) is 2.58. The molecule has 2 aromatic rings. The number of amides is 2. The molecular formula is C18H21N3O4. The number of nitrogens with one attached hydrogen (secondary N) is 2. The van der Waals surface area contributed by atoms with Crippen molar-refractivity contribution in [3.8, 4) is 17.4 Å². The first-order chi connectivity index (χ1) is 12.2. The Kier molecular flexibility index (Phi) is 5.69. The van der Waals surface area contributed by atoms with Crippen LogP contribution in [-0.2, 0) is 4.74 Å². The Morgan fingerprint density at radius 3 is 2.80 bits per heavy atom. The maximum absolute atomic E-state index is 12.1. The van der Waals surface area contributed by atoms with E-state index in [9.17, 15) is 4.79 Å². The van der Waals surface area contributed by atoms with Crippen molar-refractivity contribution >= 4 is 11.7 Å². The van der Waals surface area contributed by atoms with E-state index >= 15 is 0 Å². The second-order valence-electron chi connectivity index (χ2n) is 5.70. The number of nitrogens with zero attached hydrogens (tertiary/aromatic N) is 1. The van der Waals surface area contributed by atoms with Gasteiger partial charge in [-0.2, -0.15) is 0 Å². The topological polar surface area (TPSA) is 81.7 Å². The van der Waals surface area contributed by atoms with E-state index in [1.165, 1.54) is 0 Å². The van der Waals surface area contributed by atoms with E-state index in [0.29, 0.717) is 36.4 Å². The van der Waals surface area contributed by atoms with E-state index in [1.54, 1.807) is 49.7 Å². The number of methoxy groups -OCH3 is 1. The van der Waals surface area contributed by atoms with Gasteiger partial charge in [0.1, 0.15) is 17.2 Å². The van der Waals surface area contributed by atoms with Gasteiger partial charge < -0.3 is 24.8 Å². The number of aromatic nitrogens is 1. The van der Waals surface area contributed by atoms with E-state index in [4.69, 9.17) is 14.2 Å². The fraction of sp³-hybridized carbons (Fsp3) is 0.333. The average molecular weight is 343 g/mol. The minimum absolute atomic E-state index is 0.292. The van der Waals surface area contributed by atoms with Crippen LogP contribution in [0.2, 0.25) is 0 Å². The van der Waals surface area contributed by atoms with Gasteiger partial charge in [-0.1, -0.05) is 0 Å². The Bertz CT molecular complexity index is 700. The van der Waals surface area contributed by atoms with Crippen molar-refractivity contribution in [1.82, 2.24) is 10.3 Å². The van der Waals surface area contributed by atoms with Crippen LogP contribution in [0.15, 0.2) is 42.6 Å². The van der Waals surface area contributed by atoms with E-state index < -0.39 is 0 Å². The van der Waals surface area contributed by atoms with Crippen molar-refractivity contribution in [2.45, 2.75) is 6.42 Å². The van der Waals surface area contributed by atoms with Gasteiger partial charge in [0.15, 0.2) is 0 Å². The van der Waals surface area contributed by atoms with E-state index in [0.717, 1.165) is 18.8 Å². The van der Waals surface area contributed by atoms with Gasteiger partial charge >= 0.3 is 6.03 Å². The van der Waals surface area contributed by atoms with Gasteiger partial charge in [-0.15, -0.1) is 0 Å². The molecule has 2 amide bonds. The molecule has 0 aliphatic carbocycles. The lowest BCUT2D eigenvalue weighted by molar-refractivity contribution is 0.185. The highest BCUT2D eigenvalue weighted by Gasteiger charge is 2.17. The molecule has 2 N–H and O–H groups in total. The van der Waals surface area contributed by atoms with Crippen LogP contribution in [-0.4, -0.2) is 37.9 Å². The molecule has 132 valence electrons. The molecule has 1 aliphatic rings. The van der Waals surface area contributed by atoms with E-state index in [-0.39, 0.29) is 6.03 Å². The number of benzene rings is 1. The van der Waals surface area contributed by atoms with Crippen LogP contribution in [0.1, 0.15) is 6.42 Å². The predicted octanol–water partition coefficient (Wildman–Crippen LogP) is 3.04. The standard InChI is InChI=1S/C18H21N3O4/c1-23-14-4-6-15(7-5-14)25-17-16(3-2-9-19-17)21-18(22)20-11-13-8-10-24-12-13/h2-7,9,13H,8,10-12H2,1H3,(H2,20,21,22). The zero-order valence-corrected chi connectivity index (χ0v) is 14.0. The van der Waals surface area contributed by atoms with Crippen LogP contribution in [0.4, 0.5) is 10.5 Å². The lowest BCUT2D eigenvalue weighted by Gasteiger charge is -2.13. The van der Waals surface area contributed by atoms with E-state index in [1.807, 2.05) is 0 Å². The quantitative estimate of drug-likeness (QED) is 0.842. The molecule has 1 aromatic carbocycles. The SMILES string of the molecule is COc1ccc(Oc2ncccc2NC(=O)NCC2CCOC2)cc1. The summed E-state index contributed by atoms with van der Waals surface area (Å²) in [5, 5.41) is 5.62. The molecule has 0 radical (unpaired) electrons.